The van der Waals surface area contributed by atoms with Gasteiger partial charge < -0.3 is 0 Å². The van der Waals surface area contributed by atoms with Crippen LogP contribution in [0.4, 0.5) is 0 Å². The van der Waals surface area contributed by atoms with Crippen molar-refractivity contribution in [3.05, 3.63) is 16.1 Å². The number of hydrogen-bond acceptors (Lipinski definition) is 3. The van der Waals surface area contributed by atoms with Gasteiger partial charge in [-0.25, -0.2) is 4.98 Å². The molecule has 1 heterocycles. The van der Waals surface area contributed by atoms with Crippen LogP contribution in [-0.4, -0.2) is 4.98 Å². The van der Waals surface area contributed by atoms with Crippen LogP contribution >= 0.6 is 11.3 Å². The number of hydrogen-bond donors (Lipinski definition) is 0. The van der Waals surface area contributed by atoms with E-state index in [1.165, 1.54) is 0 Å². The normalized spacial score (nSPS) is 11.2. The lowest BCUT2D eigenvalue weighted by molar-refractivity contribution is 0.674. The predicted octanol–water partition coefficient (Wildman–Crippen LogP) is 2.90. The molecule has 1 aromatic heterocycles. The van der Waals surface area contributed by atoms with E-state index in [1.807, 2.05) is 13.8 Å². The summed E-state index contributed by atoms with van der Waals surface area (Å²) in [6.45, 7) is 5.94. The molecule has 0 aliphatic carbocycles. The molecule has 0 aliphatic heterocycles. The molecular weight excluding hydrogens is 180 g/mol. The van der Waals surface area contributed by atoms with E-state index in [0.717, 1.165) is 23.5 Å². The first kappa shape index (κ1) is 10.2. The minimum atomic E-state index is -0.434. The van der Waals surface area contributed by atoms with Gasteiger partial charge in [0.2, 0.25) is 0 Å². The van der Waals surface area contributed by atoms with E-state index in [4.69, 9.17) is 5.26 Å². The lowest BCUT2D eigenvalue weighted by atomic mass is 9.97. The predicted molar refractivity (Wildman–Crippen MR) is 54.7 cm³/mol. The SMILES string of the molecule is CCCc1csc(C(C)(C)C#N)n1. The van der Waals surface area contributed by atoms with Crippen LogP contribution in [0, 0.1) is 11.3 Å². The summed E-state index contributed by atoms with van der Waals surface area (Å²) in [4.78, 5) is 4.44. The Morgan fingerprint density at radius 2 is 2.31 bits per heavy atom. The summed E-state index contributed by atoms with van der Waals surface area (Å²) in [5.74, 6) is 0. The molecule has 1 rings (SSSR count). The van der Waals surface area contributed by atoms with Crippen molar-refractivity contribution >= 4 is 11.3 Å². The van der Waals surface area contributed by atoms with Crippen molar-refractivity contribution in [3.63, 3.8) is 0 Å². The minimum absolute atomic E-state index is 0.434. The van der Waals surface area contributed by atoms with Crippen molar-refractivity contribution in [2.45, 2.75) is 39.0 Å². The van der Waals surface area contributed by atoms with Crippen molar-refractivity contribution in [2.24, 2.45) is 0 Å². The van der Waals surface area contributed by atoms with Gasteiger partial charge >= 0.3 is 0 Å². The van der Waals surface area contributed by atoms with Crippen molar-refractivity contribution in [2.75, 3.05) is 0 Å². The van der Waals surface area contributed by atoms with Crippen molar-refractivity contribution in [1.29, 1.82) is 5.26 Å². The molecule has 2 nitrogen and oxygen atoms in total. The van der Waals surface area contributed by atoms with Crippen LogP contribution in [0.3, 0.4) is 0 Å². The van der Waals surface area contributed by atoms with Crippen molar-refractivity contribution in [3.8, 4) is 6.07 Å². The van der Waals surface area contributed by atoms with Gasteiger partial charge in [0.1, 0.15) is 10.4 Å². The van der Waals surface area contributed by atoms with Crippen molar-refractivity contribution in [1.82, 2.24) is 4.98 Å². The Hall–Kier alpha value is -0.880. The summed E-state index contributed by atoms with van der Waals surface area (Å²) < 4.78 is 0. The molecule has 0 N–H and O–H groups in total. The molecule has 0 fully saturated rings. The zero-order valence-corrected chi connectivity index (χ0v) is 9.11. The molecule has 3 heteroatoms. The highest BCUT2D eigenvalue weighted by Gasteiger charge is 2.23. The quantitative estimate of drug-likeness (QED) is 0.741. The van der Waals surface area contributed by atoms with Gasteiger partial charge in [-0.3, -0.25) is 0 Å². The molecule has 70 valence electrons. The topological polar surface area (TPSA) is 36.7 Å². The van der Waals surface area contributed by atoms with Gasteiger partial charge in [0.05, 0.1) is 11.8 Å². The third-order valence-corrected chi connectivity index (χ3v) is 3.09. The van der Waals surface area contributed by atoms with Crippen LogP contribution < -0.4 is 0 Å². The highest BCUT2D eigenvalue weighted by molar-refractivity contribution is 7.09. The molecule has 0 saturated carbocycles. The van der Waals surface area contributed by atoms with E-state index in [2.05, 4.69) is 23.4 Å². The Morgan fingerprint density at radius 3 is 2.85 bits per heavy atom. The fraction of sp³-hybridized carbons (Fsp3) is 0.600. The highest BCUT2D eigenvalue weighted by atomic mass is 32.1. The fourth-order valence-electron chi connectivity index (χ4n) is 1.01. The molecule has 1 aromatic rings. The van der Waals surface area contributed by atoms with E-state index >= 15 is 0 Å². The zero-order valence-electron chi connectivity index (χ0n) is 8.29. The van der Waals surface area contributed by atoms with Gasteiger partial charge in [0.15, 0.2) is 0 Å². The van der Waals surface area contributed by atoms with E-state index in [-0.39, 0.29) is 0 Å². The summed E-state index contributed by atoms with van der Waals surface area (Å²) in [5, 5.41) is 11.9. The number of nitrogens with zero attached hydrogens (tertiary/aromatic N) is 2. The van der Waals surface area contributed by atoms with Crippen LogP contribution in [0.1, 0.15) is 37.9 Å². The van der Waals surface area contributed by atoms with Crippen LogP contribution in [0.5, 0.6) is 0 Å². The van der Waals surface area contributed by atoms with Crippen LogP contribution in [-0.2, 0) is 11.8 Å². The summed E-state index contributed by atoms with van der Waals surface area (Å²) in [5.41, 5.74) is 0.683. The first-order chi connectivity index (χ1) is 6.10. The molecule has 0 amide bonds. The molecule has 13 heavy (non-hydrogen) atoms. The zero-order chi connectivity index (χ0) is 9.90. The lowest BCUT2D eigenvalue weighted by Gasteiger charge is -2.09. The monoisotopic (exact) mass is 194 g/mol. The summed E-state index contributed by atoms with van der Waals surface area (Å²) in [7, 11) is 0. The number of thiazole rings is 1. The Bertz CT molecular complexity index is 320. The Labute approximate surface area is 83.2 Å². The van der Waals surface area contributed by atoms with Gasteiger partial charge in [-0.1, -0.05) is 13.3 Å². The maximum atomic E-state index is 8.90. The molecule has 0 aliphatic rings. The molecule has 0 bridgehead atoms. The molecule has 0 unspecified atom stereocenters. The van der Waals surface area contributed by atoms with Crippen LogP contribution in [0.2, 0.25) is 0 Å². The average molecular weight is 194 g/mol. The van der Waals surface area contributed by atoms with Gasteiger partial charge in [0, 0.05) is 5.38 Å². The molecule has 0 aromatic carbocycles. The van der Waals surface area contributed by atoms with E-state index in [0.29, 0.717) is 0 Å². The van der Waals surface area contributed by atoms with E-state index in [1.54, 1.807) is 11.3 Å². The number of aromatic nitrogens is 1. The molecule has 0 spiro atoms. The molecular formula is C10H14N2S. The molecule has 0 radical (unpaired) electrons. The summed E-state index contributed by atoms with van der Waals surface area (Å²) >= 11 is 1.59. The first-order valence-corrected chi connectivity index (χ1v) is 5.34. The van der Waals surface area contributed by atoms with Crippen LogP contribution in [0.15, 0.2) is 5.38 Å². The smallest absolute Gasteiger partial charge is 0.113 e. The maximum Gasteiger partial charge on any atom is 0.113 e. The Morgan fingerprint density at radius 1 is 1.62 bits per heavy atom. The second-order valence-corrected chi connectivity index (χ2v) is 4.49. The lowest BCUT2D eigenvalue weighted by Crippen LogP contribution is -2.13. The summed E-state index contributed by atoms with van der Waals surface area (Å²) in [6.07, 6.45) is 2.12. The first-order valence-electron chi connectivity index (χ1n) is 4.46. The second kappa shape index (κ2) is 3.89. The van der Waals surface area contributed by atoms with E-state index in [9.17, 15) is 0 Å². The Balaban J connectivity index is 2.87. The standard InChI is InChI=1S/C10H14N2S/c1-4-5-8-6-13-9(12-8)10(2,3)7-11/h6H,4-5H2,1-3H3. The number of aryl methyl sites for hydroxylation is 1. The van der Waals surface area contributed by atoms with Gasteiger partial charge in [0.25, 0.3) is 0 Å². The second-order valence-electron chi connectivity index (χ2n) is 3.63. The molecule has 0 saturated heterocycles. The van der Waals surface area contributed by atoms with Gasteiger partial charge in [-0.15, -0.1) is 11.3 Å². The number of nitriles is 1. The maximum absolute atomic E-state index is 8.90. The third kappa shape index (κ3) is 2.28. The largest absolute Gasteiger partial charge is 0.245 e. The minimum Gasteiger partial charge on any atom is -0.245 e. The van der Waals surface area contributed by atoms with Crippen LogP contribution in [0.25, 0.3) is 0 Å². The van der Waals surface area contributed by atoms with Crippen molar-refractivity contribution < 1.29 is 0 Å². The number of rotatable bonds is 3. The Kier molecular flexibility index (Phi) is 3.05. The third-order valence-electron chi connectivity index (χ3n) is 1.87. The highest BCUT2D eigenvalue weighted by Crippen LogP contribution is 2.25. The summed E-state index contributed by atoms with van der Waals surface area (Å²) in [6, 6.07) is 2.26. The average Bonchev–Trinajstić information content (AvgIpc) is 2.54. The van der Waals surface area contributed by atoms with Gasteiger partial charge in [-0.05, 0) is 20.3 Å². The molecule has 0 atom stereocenters. The van der Waals surface area contributed by atoms with E-state index < -0.39 is 5.41 Å². The fourth-order valence-corrected chi connectivity index (χ4v) is 1.94. The van der Waals surface area contributed by atoms with Gasteiger partial charge in [-0.2, -0.15) is 5.26 Å².